The van der Waals surface area contributed by atoms with Crippen molar-refractivity contribution in [2.24, 2.45) is 7.05 Å². The normalized spacial score (nSPS) is 11.6. The topological polar surface area (TPSA) is 103 Å². The van der Waals surface area contributed by atoms with Gasteiger partial charge in [-0.25, -0.2) is 0 Å². The smallest absolute Gasteiger partial charge is 0.305 e. The van der Waals surface area contributed by atoms with Crippen LogP contribution in [0, 0.1) is 0 Å². The summed E-state index contributed by atoms with van der Waals surface area (Å²) < 4.78 is 11.8. The van der Waals surface area contributed by atoms with Crippen LogP contribution in [0.15, 0.2) is 30.5 Å². The van der Waals surface area contributed by atoms with Gasteiger partial charge in [0.15, 0.2) is 11.5 Å². The number of carboxylic acid groups (broad SMARTS) is 1. The van der Waals surface area contributed by atoms with Crippen molar-refractivity contribution in [2.75, 3.05) is 14.2 Å². The van der Waals surface area contributed by atoms with Crippen molar-refractivity contribution in [3.05, 3.63) is 41.7 Å². The third-order valence-electron chi connectivity index (χ3n) is 3.55. The van der Waals surface area contributed by atoms with Gasteiger partial charge in [0.2, 0.25) is 0 Å². The first-order chi connectivity index (χ1) is 11.5. The monoisotopic (exact) mass is 333 g/mol. The van der Waals surface area contributed by atoms with Crippen LogP contribution in [0.3, 0.4) is 0 Å². The standard InChI is InChI=1S/C16H19N3O5/c1-19-12(6-7-17-19)16(22)18-11(9-15(20)21)10-4-5-13(23-2)14(8-10)24-3/h4-8,11H,9H2,1-3H3,(H,18,22)(H,20,21)/t11-/m1/s1. The molecule has 24 heavy (non-hydrogen) atoms. The van der Waals surface area contributed by atoms with Gasteiger partial charge < -0.3 is 19.9 Å². The summed E-state index contributed by atoms with van der Waals surface area (Å²) in [6, 6.07) is 5.85. The van der Waals surface area contributed by atoms with E-state index in [1.54, 1.807) is 31.3 Å². The molecule has 1 heterocycles. The number of nitrogens with zero attached hydrogens (tertiary/aromatic N) is 2. The van der Waals surface area contributed by atoms with Crippen molar-refractivity contribution in [3.8, 4) is 11.5 Å². The highest BCUT2D eigenvalue weighted by atomic mass is 16.5. The fourth-order valence-corrected chi connectivity index (χ4v) is 2.33. The molecular formula is C16H19N3O5. The van der Waals surface area contributed by atoms with Crippen molar-refractivity contribution in [2.45, 2.75) is 12.5 Å². The van der Waals surface area contributed by atoms with Crippen molar-refractivity contribution in [3.63, 3.8) is 0 Å². The molecule has 0 aliphatic rings. The van der Waals surface area contributed by atoms with Gasteiger partial charge >= 0.3 is 5.97 Å². The van der Waals surface area contributed by atoms with Gasteiger partial charge in [-0.3, -0.25) is 14.3 Å². The second-order valence-corrected chi connectivity index (χ2v) is 5.08. The second kappa shape index (κ2) is 7.49. The summed E-state index contributed by atoms with van der Waals surface area (Å²) in [5.74, 6) is -0.454. The number of carbonyl (C=O) groups is 2. The predicted molar refractivity (Wildman–Crippen MR) is 85.2 cm³/mol. The average molecular weight is 333 g/mol. The van der Waals surface area contributed by atoms with Crippen molar-refractivity contribution in [1.29, 1.82) is 0 Å². The molecule has 0 unspecified atom stereocenters. The first kappa shape index (κ1) is 17.3. The second-order valence-electron chi connectivity index (χ2n) is 5.08. The maximum atomic E-state index is 12.3. The number of benzene rings is 1. The third kappa shape index (κ3) is 3.83. The van der Waals surface area contributed by atoms with Crippen LogP contribution in [0.2, 0.25) is 0 Å². The number of carboxylic acids is 1. The maximum Gasteiger partial charge on any atom is 0.305 e. The van der Waals surface area contributed by atoms with Crippen LogP contribution in [0.5, 0.6) is 11.5 Å². The number of carbonyl (C=O) groups excluding carboxylic acids is 1. The molecule has 0 fully saturated rings. The van der Waals surface area contributed by atoms with E-state index in [0.29, 0.717) is 22.8 Å². The minimum atomic E-state index is -1.03. The maximum absolute atomic E-state index is 12.3. The van der Waals surface area contributed by atoms with Gasteiger partial charge in [0.25, 0.3) is 5.91 Å². The van der Waals surface area contributed by atoms with Gasteiger partial charge in [0.05, 0.1) is 26.7 Å². The molecule has 8 heteroatoms. The van der Waals surface area contributed by atoms with Gasteiger partial charge in [0, 0.05) is 13.2 Å². The molecule has 0 saturated carbocycles. The van der Waals surface area contributed by atoms with E-state index in [1.807, 2.05) is 0 Å². The minimum absolute atomic E-state index is 0.265. The van der Waals surface area contributed by atoms with E-state index < -0.39 is 17.9 Å². The zero-order chi connectivity index (χ0) is 17.7. The molecule has 0 radical (unpaired) electrons. The highest BCUT2D eigenvalue weighted by molar-refractivity contribution is 5.93. The lowest BCUT2D eigenvalue weighted by Crippen LogP contribution is -2.31. The van der Waals surface area contributed by atoms with Crippen LogP contribution in [0.4, 0.5) is 0 Å². The highest BCUT2D eigenvalue weighted by Crippen LogP contribution is 2.31. The SMILES string of the molecule is COc1ccc([C@@H](CC(=O)O)NC(=O)c2ccnn2C)cc1OC. The Morgan fingerprint density at radius 2 is 1.96 bits per heavy atom. The fraction of sp³-hybridized carbons (Fsp3) is 0.312. The van der Waals surface area contributed by atoms with Gasteiger partial charge in [-0.1, -0.05) is 6.07 Å². The zero-order valence-electron chi connectivity index (χ0n) is 13.6. The van der Waals surface area contributed by atoms with Crippen LogP contribution >= 0.6 is 0 Å². The lowest BCUT2D eigenvalue weighted by Gasteiger charge is -2.19. The summed E-state index contributed by atoms with van der Waals surface area (Å²) >= 11 is 0. The summed E-state index contributed by atoms with van der Waals surface area (Å²) in [5.41, 5.74) is 0.941. The Morgan fingerprint density at radius 3 is 2.50 bits per heavy atom. The van der Waals surface area contributed by atoms with Crippen LogP contribution in [0.1, 0.15) is 28.5 Å². The Balaban J connectivity index is 2.30. The van der Waals surface area contributed by atoms with E-state index in [9.17, 15) is 9.59 Å². The molecule has 0 bridgehead atoms. The van der Waals surface area contributed by atoms with Crippen molar-refractivity contribution >= 4 is 11.9 Å². The molecule has 2 N–H and O–H groups in total. The molecule has 128 valence electrons. The number of methoxy groups -OCH3 is 2. The Morgan fingerprint density at radius 1 is 1.25 bits per heavy atom. The molecule has 0 saturated heterocycles. The van der Waals surface area contributed by atoms with E-state index in [4.69, 9.17) is 14.6 Å². The number of aliphatic carboxylic acids is 1. The minimum Gasteiger partial charge on any atom is -0.493 e. The number of aromatic nitrogens is 2. The lowest BCUT2D eigenvalue weighted by atomic mass is 10.0. The van der Waals surface area contributed by atoms with Gasteiger partial charge in [0.1, 0.15) is 5.69 Å². The predicted octanol–water partition coefficient (Wildman–Crippen LogP) is 1.38. The summed E-state index contributed by atoms with van der Waals surface area (Å²) in [4.78, 5) is 23.5. The Hall–Kier alpha value is -3.03. The summed E-state index contributed by atoms with van der Waals surface area (Å²) in [6.45, 7) is 0. The molecule has 8 nitrogen and oxygen atoms in total. The van der Waals surface area contributed by atoms with Crippen LogP contribution < -0.4 is 14.8 Å². The quantitative estimate of drug-likeness (QED) is 0.793. The molecule has 1 atom stereocenters. The number of aryl methyl sites for hydroxylation is 1. The summed E-state index contributed by atoms with van der Waals surface area (Å²) in [6.07, 6.45) is 1.23. The van der Waals surface area contributed by atoms with Crippen LogP contribution in [-0.4, -0.2) is 41.0 Å². The largest absolute Gasteiger partial charge is 0.493 e. The molecule has 1 amide bonds. The van der Waals surface area contributed by atoms with E-state index in [1.165, 1.54) is 25.1 Å². The molecule has 1 aromatic carbocycles. The van der Waals surface area contributed by atoms with Gasteiger partial charge in [-0.2, -0.15) is 5.10 Å². The summed E-state index contributed by atoms with van der Waals surface area (Å²) in [5, 5.41) is 15.8. The van der Waals surface area contributed by atoms with E-state index >= 15 is 0 Å². The number of hydrogen-bond acceptors (Lipinski definition) is 5. The molecule has 0 aliphatic carbocycles. The van der Waals surface area contributed by atoms with Crippen LogP contribution in [0.25, 0.3) is 0 Å². The summed E-state index contributed by atoms with van der Waals surface area (Å²) in [7, 11) is 4.63. The molecule has 1 aromatic heterocycles. The Labute approximate surface area is 139 Å². The zero-order valence-corrected chi connectivity index (χ0v) is 13.6. The Bertz CT molecular complexity index is 741. The number of hydrogen-bond donors (Lipinski definition) is 2. The number of ether oxygens (including phenoxy) is 2. The first-order valence-electron chi connectivity index (χ1n) is 7.18. The highest BCUT2D eigenvalue weighted by Gasteiger charge is 2.21. The van der Waals surface area contributed by atoms with E-state index in [0.717, 1.165) is 0 Å². The molecule has 0 aliphatic heterocycles. The number of rotatable bonds is 7. The molecule has 0 spiro atoms. The Kier molecular flexibility index (Phi) is 5.41. The van der Waals surface area contributed by atoms with E-state index in [2.05, 4.69) is 10.4 Å². The average Bonchev–Trinajstić information content (AvgIpc) is 2.99. The third-order valence-corrected chi connectivity index (χ3v) is 3.55. The van der Waals surface area contributed by atoms with Gasteiger partial charge in [-0.15, -0.1) is 0 Å². The number of amides is 1. The molecular weight excluding hydrogens is 314 g/mol. The van der Waals surface area contributed by atoms with Crippen molar-refractivity contribution < 1.29 is 24.2 Å². The first-order valence-corrected chi connectivity index (χ1v) is 7.18. The molecule has 2 rings (SSSR count). The molecule has 2 aromatic rings. The van der Waals surface area contributed by atoms with Crippen LogP contribution in [-0.2, 0) is 11.8 Å². The van der Waals surface area contributed by atoms with Gasteiger partial charge in [-0.05, 0) is 23.8 Å². The van der Waals surface area contributed by atoms with Crippen molar-refractivity contribution in [1.82, 2.24) is 15.1 Å². The number of nitrogens with one attached hydrogen (secondary N) is 1. The fourth-order valence-electron chi connectivity index (χ4n) is 2.33. The van der Waals surface area contributed by atoms with E-state index in [-0.39, 0.29) is 6.42 Å². The lowest BCUT2D eigenvalue weighted by molar-refractivity contribution is -0.137.